The molecule has 4 aromatic rings. The Bertz CT molecular complexity index is 1870. The molecular weight excluding hydrogens is 720 g/mol. The first-order valence-corrected chi connectivity index (χ1v) is 18.0. The molecule has 2 atom stereocenters. The van der Waals surface area contributed by atoms with E-state index in [-0.39, 0.29) is 49.3 Å². The third-order valence-corrected chi connectivity index (χ3v) is 9.54. The Hall–Kier alpha value is -5.70. The highest BCUT2D eigenvalue weighted by atomic mass is 16.5. The molecule has 0 saturated carbocycles. The van der Waals surface area contributed by atoms with Crippen LogP contribution in [0.5, 0.6) is 11.5 Å². The number of esters is 2. The number of benzene rings is 2. The van der Waals surface area contributed by atoms with Crippen molar-refractivity contribution in [1.29, 1.82) is 0 Å². The normalized spacial score (nSPS) is 12.0. The number of ether oxygens (including phenoxy) is 6. The van der Waals surface area contributed by atoms with Gasteiger partial charge in [0.05, 0.1) is 47.6 Å². The molecule has 1 amide bonds. The second kappa shape index (κ2) is 20.8. The number of rotatable bonds is 20. The van der Waals surface area contributed by atoms with Gasteiger partial charge in [0.15, 0.2) is 5.78 Å². The van der Waals surface area contributed by atoms with Gasteiger partial charge in [0.1, 0.15) is 28.9 Å². The van der Waals surface area contributed by atoms with E-state index < -0.39 is 23.8 Å². The van der Waals surface area contributed by atoms with Crippen LogP contribution >= 0.6 is 0 Å². The fourth-order valence-corrected chi connectivity index (χ4v) is 6.31. The lowest BCUT2D eigenvalue weighted by atomic mass is 9.91. The number of amides is 1. The topological polar surface area (TPSA) is 173 Å². The van der Waals surface area contributed by atoms with Crippen LogP contribution in [0.1, 0.15) is 55.2 Å². The van der Waals surface area contributed by atoms with Crippen LogP contribution < -0.4 is 20.1 Å². The third-order valence-electron chi connectivity index (χ3n) is 9.54. The first-order chi connectivity index (χ1) is 27.0. The molecule has 0 aliphatic carbocycles. The maximum atomic E-state index is 13.6. The van der Waals surface area contributed by atoms with Crippen LogP contribution in [0.4, 0.5) is 5.69 Å². The highest BCUT2D eigenvalue weighted by Gasteiger charge is 2.23. The van der Waals surface area contributed by atoms with Crippen LogP contribution in [0, 0.1) is 19.8 Å². The molecule has 0 unspecified atom stereocenters. The largest absolute Gasteiger partial charge is 0.496 e. The predicted octanol–water partition coefficient (Wildman–Crippen LogP) is 5.10. The molecule has 0 saturated heterocycles. The molecule has 56 heavy (non-hydrogen) atoms. The summed E-state index contributed by atoms with van der Waals surface area (Å²) in [5, 5.41) is 6.06. The second-order valence-corrected chi connectivity index (χ2v) is 13.0. The smallest absolute Gasteiger partial charge is 0.325 e. The minimum Gasteiger partial charge on any atom is -0.496 e. The molecule has 4 rings (SSSR count). The molecular formula is C42H50N4O10. The molecule has 2 aromatic heterocycles. The number of methoxy groups -OCH3 is 6. The molecule has 0 radical (unpaired) electrons. The van der Waals surface area contributed by atoms with Crippen molar-refractivity contribution in [3.05, 3.63) is 100 Å². The number of nitrogens with zero attached hydrogens (tertiary/aromatic N) is 2. The number of aromatic nitrogens is 2. The lowest BCUT2D eigenvalue weighted by Crippen LogP contribution is -2.40. The van der Waals surface area contributed by atoms with E-state index in [1.807, 2.05) is 50.2 Å². The molecule has 2 aromatic carbocycles. The maximum Gasteiger partial charge on any atom is 0.325 e. The number of pyridine rings is 2. The molecule has 0 aliphatic rings. The SMILES string of the molecule is COC[C@@H](CCc1cnc(C(=O)Nc2cccc(-c3cccc(CC(=O)c4cc(OC)c(CN[C@H](COC)C(=O)OC)cn4)c3C)c2C)cc1OC)C(=O)OC. The average molecular weight is 771 g/mol. The van der Waals surface area contributed by atoms with Gasteiger partial charge in [-0.1, -0.05) is 30.3 Å². The van der Waals surface area contributed by atoms with Gasteiger partial charge in [-0.15, -0.1) is 0 Å². The fraction of sp³-hybridized carbons (Fsp3) is 0.381. The van der Waals surface area contributed by atoms with Crippen molar-refractivity contribution in [3.63, 3.8) is 0 Å². The number of aryl methyl sites for hydroxylation is 1. The summed E-state index contributed by atoms with van der Waals surface area (Å²) in [5.74, 6) is -0.939. The first kappa shape index (κ1) is 43.0. The zero-order chi connectivity index (χ0) is 40.8. The van der Waals surface area contributed by atoms with Gasteiger partial charge in [-0.3, -0.25) is 34.5 Å². The molecule has 2 heterocycles. The van der Waals surface area contributed by atoms with Crippen LogP contribution in [-0.2, 0) is 47.9 Å². The molecule has 298 valence electrons. The van der Waals surface area contributed by atoms with E-state index >= 15 is 0 Å². The number of ketones is 1. The minimum absolute atomic E-state index is 0.0976. The van der Waals surface area contributed by atoms with Gasteiger partial charge in [0.2, 0.25) is 0 Å². The van der Waals surface area contributed by atoms with Crippen molar-refractivity contribution < 1.29 is 47.6 Å². The van der Waals surface area contributed by atoms with Gasteiger partial charge in [0, 0.05) is 68.5 Å². The number of Topliss-reactive ketones (excluding diaryl/α,β-unsaturated/α-hetero) is 1. The summed E-state index contributed by atoms with van der Waals surface area (Å²) in [6, 6.07) is 13.9. The molecule has 0 aliphatic heterocycles. The summed E-state index contributed by atoms with van der Waals surface area (Å²) in [7, 11) is 8.69. The summed E-state index contributed by atoms with van der Waals surface area (Å²) in [6.07, 6.45) is 4.16. The van der Waals surface area contributed by atoms with Crippen molar-refractivity contribution in [2.45, 2.75) is 45.7 Å². The predicted molar refractivity (Wildman–Crippen MR) is 209 cm³/mol. The van der Waals surface area contributed by atoms with Crippen LogP contribution in [0.15, 0.2) is 60.9 Å². The molecule has 14 nitrogen and oxygen atoms in total. The zero-order valence-corrected chi connectivity index (χ0v) is 33.1. The number of nitrogens with one attached hydrogen (secondary N) is 2. The Labute approximate surface area is 327 Å². The number of hydrogen-bond acceptors (Lipinski definition) is 13. The van der Waals surface area contributed by atoms with Crippen molar-refractivity contribution in [2.24, 2.45) is 5.92 Å². The monoisotopic (exact) mass is 770 g/mol. The molecule has 0 bridgehead atoms. The highest BCUT2D eigenvalue weighted by molar-refractivity contribution is 6.04. The Morgan fingerprint density at radius 2 is 1.30 bits per heavy atom. The fourth-order valence-electron chi connectivity index (χ4n) is 6.31. The van der Waals surface area contributed by atoms with Crippen molar-refractivity contribution in [2.75, 3.05) is 61.2 Å². The van der Waals surface area contributed by atoms with Crippen molar-refractivity contribution in [1.82, 2.24) is 15.3 Å². The van der Waals surface area contributed by atoms with Crippen LogP contribution in [-0.4, -0.2) is 95.5 Å². The second-order valence-electron chi connectivity index (χ2n) is 13.0. The van der Waals surface area contributed by atoms with E-state index in [1.165, 1.54) is 42.7 Å². The Kier molecular flexibility index (Phi) is 16.0. The third kappa shape index (κ3) is 10.7. The lowest BCUT2D eigenvalue weighted by Gasteiger charge is -2.17. The van der Waals surface area contributed by atoms with E-state index in [4.69, 9.17) is 28.4 Å². The van der Waals surface area contributed by atoms with Gasteiger partial charge in [-0.05, 0) is 60.6 Å². The van der Waals surface area contributed by atoms with E-state index in [0.29, 0.717) is 35.6 Å². The van der Waals surface area contributed by atoms with E-state index in [2.05, 4.69) is 20.6 Å². The summed E-state index contributed by atoms with van der Waals surface area (Å²) < 4.78 is 31.1. The first-order valence-electron chi connectivity index (χ1n) is 18.0. The van der Waals surface area contributed by atoms with Gasteiger partial charge in [-0.2, -0.15) is 0 Å². The van der Waals surface area contributed by atoms with Crippen LogP contribution in [0.3, 0.4) is 0 Å². The standard InChI is InChI=1S/C42H50N4O10/c1-25-27(17-37(47)34-18-39(54-6)30(21-43-34)22-45-36(24-52-4)42(50)56-8)11-9-12-31(25)32-13-10-14-33(26(32)2)46-40(48)35-19-38(53-5)28(20-44-35)15-16-29(23-51-3)41(49)55-7/h9-14,18-21,29,36,45H,15-17,22-24H2,1-8H3,(H,46,48)/t29-,36-/m1/s1. The Morgan fingerprint density at radius 1 is 0.696 bits per heavy atom. The van der Waals surface area contributed by atoms with Crippen LogP contribution in [0.25, 0.3) is 11.1 Å². The summed E-state index contributed by atoms with van der Waals surface area (Å²) >= 11 is 0. The number of carbonyl (C=O) groups is 4. The van der Waals surface area contributed by atoms with E-state index in [9.17, 15) is 19.2 Å². The lowest BCUT2D eigenvalue weighted by molar-refractivity contribution is -0.147. The van der Waals surface area contributed by atoms with Gasteiger partial charge < -0.3 is 33.7 Å². The van der Waals surface area contributed by atoms with Crippen molar-refractivity contribution in [3.8, 4) is 22.6 Å². The molecule has 0 fully saturated rings. The van der Waals surface area contributed by atoms with Crippen LogP contribution in [0.2, 0.25) is 0 Å². The van der Waals surface area contributed by atoms with E-state index in [0.717, 1.165) is 33.4 Å². The number of hydrogen-bond donors (Lipinski definition) is 2. The summed E-state index contributed by atoms with van der Waals surface area (Å²) in [4.78, 5) is 60.0. The van der Waals surface area contributed by atoms with Crippen molar-refractivity contribution >= 4 is 29.3 Å². The van der Waals surface area contributed by atoms with Gasteiger partial charge >= 0.3 is 11.9 Å². The number of carbonyl (C=O) groups excluding carboxylic acids is 4. The summed E-state index contributed by atoms with van der Waals surface area (Å²) in [6.45, 7) is 4.47. The quantitative estimate of drug-likeness (QED) is 0.0899. The van der Waals surface area contributed by atoms with Gasteiger partial charge in [-0.25, -0.2) is 0 Å². The van der Waals surface area contributed by atoms with E-state index in [1.54, 1.807) is 24.5 Å². The maximum absolute atomic E-state index is 13.6. The average Bonchev–Trinajstić information content (AvgIpc) is 3.21. The minimum atomic E-state index is -0.682. The van der Waals surface area contributed by atoms with Gasteiger partial charge in [0.25, 0.3) is 5.91 Å². The molecule has 2 N–H and O–H groups in total. The summed E-state index contributed by atoms with van der Waals surface area (Å²) in [5.41, 5.74) is 6.78. The number of anilines is 1. The molecule has 0 spiro atoms. The Balaban J connectivity index is 1.49. The highest BCUT2D eigenvalue weighted by Crippen LogP contribution is 2.33. The zero-order valence-electron chi connectivity index (χ0n) is 33.1. The Morgan fingerprint density at radius 3 is 1.96 bits per heavy atom. The molecule has 14 heteroatoms.